The van der Waals surface area contributed by atoms with Crippen LogP contribution in [0.5, 0.6) is 0 Å². The van der Waals surface area contributed by atoms with Gasteiger partial charge in [0.1, 0.15) is 0 Å². The summed E-state index contributed by atoms with van der Waals surface area (Å²) < 4.78 is 5.06. The summed E-state index contributed by atoms with van der Waals surface area (Å²) in [6, 6.07) is 12.0. The zero-order chi connectivity index (χ0) is 18.0. The molecule has 0 saturated heterocycles. The first-order valence-electron chi connectivity index (χ1n) is 7.88. The van der Waals surface area contributed by atoms with E-state index in [0.717, 1.165) is 18.4 Å². The van der Waals surface area contributed by atoms with E-state index in [2.05, 4.69) is 5.32 Å². The van der Waals surface area contributed by atoms with Crippen LogP contribution in [0.1, 0.15) is 34.3 Å². The molecule has 3 rings (SSSR count). The van der Waals surface area contributed by atoms with Crippen LogP contribution in [-0.4, -0.2) is 24.1 Å². The standard InChI is InChI=1S/C19H18ClNO4/c1-25-11-12-7-13(17(22)23)9-16(8-12)21-18(24)19(5-6-19)14-3-2-4-15(20)10-14/h2-4,7-10H,5-6,11H2,1H3,(H,21,24)(H,22,23). The highest BCUT2D eigenvalue weighted by molar-refractivity contribution is 6.30. The number of amides is 1. The predicted octanol–water partition coefficient (Wildman–Crippen LogP) is 3.85. The molecule has 2 aromatic rings. The molecule has 0 bridgehead atoms. The summed E-state index contributed by atoms with van der Waals surface area (Å²) >= 11 is 6.04. The van der Waals surface area contributed by atoms with Crippen molar-refractivity contribution in [2.45, 2.75) is 24.9 Å². The normalized spacial score (nSPS) is 14.8. The Morgan fingerprint density at radius 2 is 2.00 bits per heavy atom. The van der Waals surface area contributed by atoms with Crippen LogP contribution in [0.25, 0.3) is 0 Å². The van der Waals surface area contributed by atoms with Crippen LogP contribution in [0, 0.1) is 0 Å². The number of nitrogens with one attached hydrogen (secondary N) is 1. The lowest BCUT2D eigenvalue weighted by molar-refractivity contribution is -0.118. The average Bonchev–Trinajstić information content (AvgIpc) is 3.37. The van der Waals surface area contributed by atoms with Crippen molar-refractivity contribution in [2.75, 3.05) is 12.4 Å². The Bertz CT molecular complexity index is 830. The maximum absolute atomic E-state index is 12.8. The van der Waals surface area contributed by atoms with Crippen LogP contribution in [-0.2, 0) is 21.6 Å². The second kappa shape index (κ2) is 6.86. The number of hydrogen-bond donors (Lipinski definition) is 2. The summed E-state index contributed by atoms with van der Waals surface area (Å²) in [4.78, 5) is 24.1. The van der Waals surface area contributed by atoms with Gasteiger partial charge in [-0.2, -0.15) is 0 Å². The summed E-state index contributed by atoms with van der Waals surface area (Å²) in [5, 5.41) is 12.7. The van der Waals surface area contributed by atoms with E-state index in [0.29, 0.717) is 16.3 Å². The number of anilines is 1. The van der Waals surface area contributed by atoms with E-state index in [9.17, 15) is 14.7 Å². The van der Waals surface area contributed by atoms with Crippen molar-refractivity contribution in [2.24, 2.45) is 0 Å². The van der Waals surface area contributed by atoms with Crippen LogP contribution >= 0.6 is 11.6 Å². The van der Waals surface area contributed by atoms with Gasteiger partial charge in [0.15, 0.2) is 0 Å². The highest BCUT2D eigenvalue weighted by Crippen LogP contribution is 2.49. The zero-order valence-electron chi connectivity index (χ0n) is 13.7. The second-order valence-electron chi connectivity index (χ2n) is 6.20. The molecule has 130 valence electrons. The summed E-state index contributed by atoms with van der Waals surface area (Å²) in [7, 11) is 1.53. The molecule has 25 heavy (non-hydrogen) atoms. The lowest BCUT2D eigenvalue weighted by atomic mass is 9.95. The minimum Gasteiger partial charge on any atom is -0.478 e. The van der Waals surface area contributed by atoms with E-state index in [1.807, 2.05) is 12.1 Å². The molecule has 1 saturated carbocycles. The van der Waals surface area contributed by atoms with E-state index in [1.54, 1.807) is 18.2 Å². The van der Waals surface area contributed by atoms with Crippen molar-refractivity contribution in [3.8, 4) is 0 Å². The van der Waals surface area contributed by atoms with Gasteiger partial charge in [-0.1, -0.05) is 23.7 Å². The third-order valence-electron chi connectivity index (χ3n) is 4.37. The van der Waals surface area contributed by atoms with Crippen molar-refractivity contribution in [1.82, 2.24) is 0 Å². The van der Waals surface area contributed by atoms with E-state index in [-0.39, 0.29) is 18.1 Å². The van der Waals surface area contributed by atoms with E-state index >= 15 is 0 Å². The van der Waals surface area contributed by atoms with Gasteiger partial charge in [0, 0.05) is 17.8 Å². The average molecular weight is 360 g/mol. The lowest BCUT2D eigenvalue weighted by Crippen LogP contribution is -2.28. The Labute approximate surface area is 150 Å². The molecule has 0 aliphatic heterocycles. The van der Waals surface area contributed by atoms with Gasteiger partial charge in [-0.25, -0.2) is 4.79 Å². The Morgan fingerprint density at radius 3 is 2.60 bits per heavy atom. The number of benzene rings is 2. The maximum Gasteiger partial charge on any atom is 0.335 e. The molecule has 0 spiro atoms. The van der Waals surface area contributed by atoms with Crippen molar-refractivity contribution >= 4 is 29.2 Å². The fourth-order valence-corrected chi connectivity index (χ4v) is 3.14. The van der Waals surface area contributed by atoms with Gasteiger partial charge in [-0.3, -0.25) is 4.79 Å². The summed E-state index contributed by atoms with van der Waals surface area (Å²) in [6.07, 6.45) is 1.48. The van der Waals surface area contributed by atoms with Gasteiger partial charge in [0.2, 0.25) is 5.91 Å². The Kier molecular flexibility index (Phi) is 4.79. The first-order valence-corrected chi connectivity index (χ1v) is 8.26. The van der Waals surface area contributed by atoms with E-state index < -0.39 is 11.4 Å². The molecular formula is C19H18ClNO4. The molecule has 0 heterocycles. The minimum atomic E-state index is -1.05. The number of carboxylic acids is 1. The predicted molar refractivity (Wildman–Crippen MR) is 95.1 cm³/mol. The molecule has 5 nitrogen and oxygen atoms in total. The quantitative estimate of drug-likeness (QED) is 0.821. The van der Waals surface area contributed by atoms with Crippen molar-refractivity contribution in [3.63, 3.8) is 0 Å². The number of methoxy groups -OCH3 is 1. The number of rotatable bonds is 6. The molecular weight excluding hydrogens is 342 g/mol. The number of hydrogen-bond acceptors (Lipinski definition) is 3. The van der Waals surface area contributed by atoms with Crippen LogP contribution in [0.3, 0.4) is 0 Å². The Hall–Kier alpha value is -2.37. The van der Waals surface area contributed by atoms with E-state index in [1.165, 1.54) is 19.2 Å². The number of carboxylic acid groups (broad SMARTS) is 1. The molecule has 1 aliphatic rings. The van der Waals surface area contributed by atoms with Crippen LogP contribution in [0.15, 0.2) is 42.5 Å². The Balaban J connectivity index is 1.86. The van der Waals surface area contributed by atoms with Gasteiger partial charge in [0.25, 0.3) is 0 Å². The molecule has 0 radical (unpaired) electrons. The first-order chi connectivity index (χ1) is 11.9. The number of halogens is 1. The lowest BCUT2D eigenvalue weighted by Gasteiger charge is -2.17. The van der Waals surface area contributed by atoms with Gasteiger partial charge in [-0.05, 0) is 54.3 Å². The fourth-order valence-electron chi connectivity index (χ4n) is 2.95. The molecule has 0 aromatic heterocycles. The van der Waals surface area contributed by atoms with Crippen molar-refractivity contribution < 1.29 is 19.4 Å². The number of aromatic carboxylic acids is 1. The summed E-state index contributed by atoms with van der Waals surface area (Å²) in [5.74, 6) is -1.20. The second-order valence-corrected chi connectivity index (χ2v) is 6.64. The van der Waals surface area contributed by atoms with Gasteiger partial charge in [0.05, 0.1) is 17.6 Å². The maximum atomic E-state index is 12.8. The largest absolute Gasteiger partial charge is 0.478 e. The fraction of sp³-hybridized carbons (Fsp3) is 0.263. The smallest absolute Gasteiger partial charge is 0.335 e. The van der Waals surface area contributed by atoms with Crippen LogP contribution in [0.4, 0.5) is 5.69 Å². The Morgan fingerprint density at radius 1 is 1.24 bits per heavy atom. The van der Waals surface area contributed by atoms with Crippen LogP contribution in [0.2, 0.25) is 5.02 Å². The molecule has 0 atom stereocenters. The molecule has 1 aliphatic carbocycles. The molecule has 0 unspecified atom stereocenters. The SMILES string of the molecule is COCc1cc(NC(=O)C2(c3cccc(Cl)c3)CC2)cc(C(=O)O)c1. The van der Waals surface area contributed by atoms with E-state index in [4.69, 9.17) is 16.3 Å². The number of ether oxygens (including phenoxy) is 1. The molecule has 1 fully saturated rings. The highest BCUT2D eigenvalue weighted by atomic mass is 35.5. The number of carbonyl (C=O) groups excluding carboxylic acids is 1. The third-order valence-corrected chi connectivity index (χ3v) is 4.61. The van der Waals surface area contributed by atoms with Gasteiger partial charge >= 0.3 is 5.97 Å². The monoisotopic (exact) mass is 359 g/mol. The van der Waals surface area contributed by atoms with Gasteiger partial charge < -0.3 is 15.2 Å². The van der Waals surface area contributed by atoms with Crippen molar-refractivity contribution in [1.29, 1.82) is 0 Å². The molecule has 1 amide bonds. The number of carbonyl (C=O) groups is 2. The minimum absolute atomic E-state index is 0.109. The molecule has 2 aromatic carbocycles. The summed E-state index contributed by atoms with van der Waals surface area (Å²) in [5.41, 5.74) is 1.53. The topological polar surface area (TPSA) is 75.6 Å². The van der Waals surface area contributed by atoms with Crippen molar-refractivity contribution in [3.05, 3.63) is 64.2 Å². The van der Waals surface area contributed by atoms with Crippen LogP contribution < -0.4 is 5.32 Å². The van der Waals surface area contributed by atoms with Gasteiger partial charge in [-0.15, -0.1) is 0 Å². The zero-order valence-corrected chi connectivity index (χ0v) is 14.5. The highest BCUT2D eigenvalue weighted by Gasteiger charge is 2.51. The molecule has 2 N–H and O–H groups in total. The molecule has 6 heteroatoms. The summed E-state index contributed by atoms with van der Waals surface area (Å²) in [6.45, 7) is 0.267. The third kappa shape index (κ3) is 3.67. The first kappa shape index (κ1) is 17.5.